The van der Waals surface area contributed by atoms with Gasteiger partial charge in [-0.1, -0.05) is 41.4 Å². The Morgan fingerprint density at radius 3 is 2.38 bits per heavy atom. The van der Waals surface area contributed by atoms with Gasteiger partial charge in [-0.25, -0.2) is 0 Å². The maximum Gasteiger partial charge on any atom is 0.111 e. The van der Waals surface area contributed by atoms with Crippen molar-refractivity contribution in [2.45, 2.75) is 30.8 Å². The van der Waals surface area contributed by atoms with E-state index in [-0.39, 0.29) is 13.0 Å². The van der Waals surface area contributed by atoms with Crippen LogP contribution in [0.4, 0.5) is 0 Å². The Bertz CT molecular complexity index is 702. The van der Waals surface area contributed by atoms with E-state index in [4.69, 9.17) is 27.9 Å². The molecule has 1 fully saturated rings. The Morgan fingerprint density at radius 2 is 1.71 bits per heavy atom. The molecule has 1 aliphatic heterocycles. The third-order valence-corrected chi connectivity index (χ3v) is 4.60. The van der Waals surface area contributed by atoms with Crippen LogP contribution in [0.2, 0.25) is 10.0 Å². The van der Waals surface area contributed by atoms with E-state index in [1.54, 1.807) is 18.2 Å². The molecular weight excluding hydrogens is 351 g/mol. The molecule has 3 rings (SSSR count). The SMILES string of the molecule is OC[C@@H]1C[C@H](O)[C@H](O)[C@@H](c2cccc(-c3cc(Cl)cc(Cl)c3)c2)O1. The van der Waals surface area contributed by atoms with Crippen LogP contribution in [0, 0.1) is 0 Å². The molecule has 0 spiro atoms. The monoisotopic (exact) mass is 368 g/mol. The molecule has 0 radical (unpaired) electrons. The Kier molecular flexibility index (Phi) is 5.45. The highest BCUT2D eigenvalue weighted by Gasteiger charge is 2.37. The minimum absolute atomic E-state index is 0.204. The first-order chi connectivity index (χ1) is 11.5. The molecule has 0 aliphatic carbocycles. The summed E-state index contributed by atoms with van der Waals surface area (Å²) in [6.45, 7) is -0.204. The maximum absolute atomic E-state index is 10.3. The summed E-state index contributed by atoms with van der Waals surface area (Å²) < 4.78 is 5.73. The van der Waals surface area contributed by atoms with Gasteiger partial charge in [0.15, 0.2) is 0 Å². The molecule has 24 heavy (non-hydrogen) atoms. The van der Waals surface area contributed by atoms with Crippen LogP contribution in [0.5, 0.6) is 0 Å². The second-order valence-corrected chi connectivity index (χ2v) is 6.81. The summed E-state index contributed by atoms with van der Waals surface area (Å²) in [6, 6.07) is 12.7. The van der Waals surface area contributed by atoms with Crippen molar-refractivity contribution >= 4 is 23.2 Å². The van der Waals surface area contributed by atoms with Gasteiger partial charge in [0.05, 0.1) is 18.8 Å². The highest BCUT2D eigenvalue weighted by Crippen LogP contribution is 2.34. The van der Waals surface area contributed by atoms with E-state index in [1.165, 1.54) is 0 Å². The number of benzene rings is 2. The van der Waals surface area contributed by atoms with Crippen LogP contribution in [-0.2, 0) is 4.74 Å². The number of ether oxygens (including phenoxy) is 1. The van der Waals surface area contributed by atoms with Crippen LogP contribution in [0.25, 0.3) is 11.1 Å². The Balaban J connectivity index is 1.95. The molecule has 0 unspecified atom stereocenters. The lowest BCUT2D eigenvalue weighted by Crippen LogP contribution is -2.44. The molecule has 2 aromatic rings. The zero-order chi connectivity index (χ0) is 17.3. The first kappa shape index (κ1) is 17.7. The van der Waals surface area contributed by atoms with Crippen LogP contribution >= 0.6 is 23.2 Å². The summed E-state index contributed by atoms with van der Waals surface area (Å²) in [5, 5.41) is 30.6. The molecule has 4 nitrogen and oxygen atoms in total. The minimum Gasteiger partial charge on any atom is -0.394 e. The fourth-order valence-corrected chi connectivity index (χ4v) is 3.49. The Morgan fingerprint density at radius 1 is 1.00 bits per heavy atom. The van der Waals surface area contributed by atoms with Gasteiger partial charge in [-0.2, -0.15) is 0 Å². The molecule has 4 atom stereocenters. The summed E-state index contributed by atoms with van der Waals surface area (Å²) in [4.78, 5) is 0. The summed E-state index contributed by atoms with van der Waals surface area (Å²) in [5.41, 5.74) is 2.43. The van der Waals surface area contributed by atoms with Crippen molar-refractivity contribution in [3.63, 3.8) is 0 Å². The lowest BCUT2D eigenvalue weighted by molar-refractivity contribution is -0.179. The van der Waals surface area contributed by atoms with Gasteiger partial charge in [0, 0.05) is 16.5 Å². The van der Waals surface area contributed by atoms with E-state index < -0.39 is 24.4 Å². The zero-order valence-corrected chi connectivity index (χ0v) is 14.3. The van der Waals surface area contributed by atoms with E-state index in [2.05, 4.69) is 0 Å². The number of hydrogen-bond donors (Lipinski definition) is 3. The third kappa shape index (κ3) is 3.75. The fourth-order valence-electron chi connectivity index (χ4n) is 2.96. The lowest BCUT2D eigenvalue weighted by Gasteiger charge is -2.37. The van der Waals surface area contributed by atoms with Crippen LogP contribution in [0.1, 0.15) is 18.1 Å². The van der Waals surface area contributed by atoms with Gasteiger partial charge in [-0.15, -0.1) is 0 Å². The summed E-state index contributed by atoms with van der Waals surface area (Å²) in [7, 11) is 0. The number of rotatable bonds is 3. The molecule has 1 aliphatic rings. The van der Waals surface area contributed by atoms with Crippen molar-refractivity contribution in [3.05, 3.63) is 58.1 Å². The van der Waals surface area contributed by atoms with E-state index in [9.17, 15) is 15.3 Å². The predicted molar refractivity (Wildman–Crippen MR) is 93.2 cm³/mol. The van der Waals surface area contributed by atoms with Gasteiger partial charge < -0.3 is 20.1 Å². The fraction of sp³-hybridized carbons (Fsp3) is 0.333. The van der Waals surface area contributed by atoms with Crippen LogP contribution in [-0.4, -0.2) is 40.2 Å². The maximum atomic E-state index is 10.3. The first-order valence-electron chi connectivity index (χ1n) is 7.67. The van der Waals surface area contributed by atoms with E-state index in [0.717, 1.165) is 11.1 Å². The van der Waals surface area contributed by atoms with E-state index >= 15 is 0 Å². The van der Waals surface area contributed by atoms with E-state index in [0.29, 0.717) is 15.6 Å². The number of halogens is 2. The smallest absolute Gasteiger partial charge is 0.111 e. The van der Waals surface area contributed by atoms with Crippen molar-refractivity contribution in [1.82, 2.24) is 0 Å². The highest BCUT2D eigenvalue weighted by atomic mass is 35.5. The van der Waals surface area contributed by atoms with Gasteiger partial charge in [-0.05, 0) is 41.0 Å². The van der Waals surface area contributed by atoms with Crippen molar-refractivity contribution in [2.24, 2.45) is 0 Å². The number of aliphatic hydroxyl groups excluding tert-OH is 3. The quantitative estimate of drug-likeness (QED) is 0.777. The number of hydrogen-bond acceptors (Lipinski definition) is 4. The van der Waals surface area contributed by atoms with Gasteiger partial charge >= 0.3 is 0 Å². The third-order valence-electron chi connectivity index (χ3n) is 4.16. The zero-order valence-electron chi connectivity index (χ0n) is 12.8. The van der Waals surface area contributed by atoms with Crippen molar-refractivity contribution < 1.29 is 20.1 Å². The van der Waals surface area contributed by atoms with Crippen molar-refractivity contribution in [2.75, 3.05) is 6.61 Å². The molecular formula is C18H18Cl2O4. The molecule has 6 heteroatoms. The first-order valence-corrected chi connectivity index (χ1v) is 8.42. The molecule has 1 saturated heterocycles. The van der Waals surface area contributed by atoms with Gasteiger partial charge in [0.25, 0.3) is 0 Å². The van der Waals surface area contributed by atoms with E-state index in [1.807, 2.05) is 24.3 Å². The number of aliphatic hydroxyl groups is 3. The summed E-state index contributed by atoms with van der Waals surface area (Å²) in [6.07, 6.45) is -2.99. The highest BCUT2D eigenvalue weighted by molar-refractivity contribution is 6.35. The molecule has 1 heterocycles. The lowest BCUT2D eigenvalue weighted by atomic mass is 9.91. The second-order valence-electron chi connectivity index (χ2n) is 5.94. The molecule has 0 saturated carbocycles. The minimum atomic E-state index is -1.05. The molecule has 0 bridgehead atoms. The molecule has 3 N–H and O–H groups in total. The average molecular weight is 369 g/mol. The van der Waals surface area contributed by atoms with Crippen molar-refractivity contribution in [3.8, 4) is 11.1 Å². The van der Waals surface area contributed by atoms with Crippen LogP contribution in [0.15, 0.2) is 42.5 Å². The molecule has 128 valence electrons. The van der Waals surface area contributed by atoms with Gasteiger partial charge in [0.2, 0.25) is 0 Å². The topological polar surface area (TPSA) is 69.9 Å². The summed E-state index contributed by atoms with van der Waals surface area (Å²) >= 11 is 12.1. The molecule has 0 aromatic heterocycles. The Labute approximate surface area is 150 Å². The van der Waals surface area contributed by atoms with Gasteiger partial charge in [0.1, 0.15) is 12.2 Å². The van der Waals surface area contributed by atoms with Crippen LogP contribution < -0.4 is 0 Å². The standard InChI is InChI=1S/C18H18Cl2O4/c19-13-5-12(6-14(20)7-13)10-2-1-3-11(4-10)18-17(23)16(22)8-15(9-21)24-18/h1-7,15-18,21-23H,8-9H2/t15-,16-,17-,18+/m0/s1. The predicted octanol–water partition coefficient (Wildman–Crippen LogP) is 3.20. The molecule has 0 amide bonds. The average Bonchev–Trinajstić information content (AvgIpc) is 2.56. The van der Waals surface area contributed by atoms with Crippen molar-refractivity contribution in [1.29, 1.82) is 0 Å². The van der Waals surface area contributed by atoms with Crippen LogP contribution in [0.3, 0.4) is 0 Å². The normalized spacial score (nSPS) is 27.2. The summed E-state index contributed by atoms with van der Waals surface area (Å²) in [5.74, 6) is 0. The van der Waals surface area contributed by atoms with Gasteiger partial charge in [-0.3, -0.25) is 0 Å². The Hall–Kier alpha value is -1.14. The molecule has 2 aromatic carbocycles. The second kappa shape index (κ2) is 7.40. The largest absolute Gasteiger partial charge is 0.394 e.